The van der Waals surface area contributed by atoms with Gasteiger partial charge in [0.2, 0.25) is 5.91 Å². The second-order valence-corrected chi connectivity index (χ2v) is 4.12. The second-order valence-electron chi connectivity index (χ2n) is 2.56. The van der Waals surface area contributed by atoms with Crippen LogP contribution < -0.4 is 5.32 Å². The lowest BCUT2D eigenvalue weighted by Crippen LogP contribution is -2.29. The first-order valence-electron chi connectivity index (χ1n) is 4.15. The zero-order chi connectivity index (χ0) is 9.40. The molecule has 4 heteroatoms. The first kappa shape index (κ1) is 11.9. The first-order chi connectivity index (χ1) is 5.66. The van der Waals surface area contributed by atoms with E-state index >= 15 is 0 Å². The molecule has 0 radical (unpaired) electrons. The van der Waals surface area contributed by atoms with Gasteiger partial charge in [-0.05, 0) is 13.3 Å². The summed E-state index contributed by atoms with van der Waals surface area (Å²) in [6.45, 7) is 5.39. The van der Waals surface area contributed by atoms with Crippen molar-refractivity contribution >= 4 is 21.8 Å². The molecule has 0 aromatic heterocycles. The van der Waals surface area contributed by atoms with Gasteiger partial charge in [-0.2, -0.15) is 0 Å². The van der Waals surface area contributed by atoms with Gasteiger partial charge < -0.3 is 10.1 Å². The molecule has 0 bridgehead atoms. The van der Waals surface area contributed by atoms with Crippen molar-refractivity contribution < 1.29 is 9.53 Å². The van der Waals surface area contributed by atoms with Crippen LogP contribution in [-0.2, 0) is 9.53 Å². The van der Waals surface area contributed by atoms with Crippen LogP contribution in [-0.4, -0.2) is 30.5 Å². The fourth-order valence-corrected chi connectivity index (χ4v) is 0.885. The van der Waals surface area contributed by atoms with Crippen LogP contribution in [0.25, 0.3) is 0 Å². The number of rotatable bonds is 6. The minimum atomic E-state index is -0.0370. The molecule has 0 spiro atoms. The molecule has 1 amide bonds. The number of alkyl halides is 1. The molecule has 0 aromatic rings. The zero-order valence-electron chi connectivity index (χ0n) is 7.60. The van der Waals surface area contributed by atoms with Gasteiger partial charge in [0.05, 0.1) is 0 Å². The summed E-state index contributed by atoms with van der Waals surface area (Å²) >= 11 is 3.39. The van der Waals surface area contributed by atoms with E-state index in [4.69, 9.17) is 4.74 Å². The fraction of sp³-hybridized carbons (Fsp3) is 0.875. The number of hydrogen-bond donors (Lipinski definition) is 1. The van der Waals surface area contributed by atoms with Crippen molar-refractivity contribution in [3.63, 3.8) is 0 Å². The highest BCUT2D eigenvalue weighted by Crippen LogP contribution is 2.00. The molecule has 0 fully saturated rings. The largest absolute Gasteiger partial charge is 0.372 e. The van der Waals surface area contributed by atoms with E-state index in [2.05, 4.69) is 28.2 Å². The third-order valence-corrected chi connectivity index (χ3v) is 1.76. The Bertz CT molecular complexity index is 128. The molecule has 0 rings (SSSR count). The van der Waals surface area contributed by atoms with Crippen molar-refractivity contribution in [2.45, 2.75) is 25.1 Å². The summed E-state index contributed by atoms with van der Waals surface area (Å²) < 4.78 is 4.93. The molecule has 1 atom stereocenters. The zero-order valence-corrected chi connectivity index (χ0v) is 9.19. The molecule has 12 heavy (non-hydrogen) atoms. The van der Waals surface area contributed by atoms with E-state index in [1.165, 1.54) is 0 Å². The van der Waals surface area contributed by atoms with Crippen molar-refractivity contribution in [3.05, 3.63) is 0 Å². The van der Waals surface area contributed by atoms with Gasteiger partial charge in [0.15, 0.2) is 0 Å². The molecule has 1 N–H and O–H groups in total. The minimum absolute atomic E-state index is 0.0370. The summed E-state index contributed by atoms with van der Waals surface area (Å²) in [5.41, 5.74) is 0. The van der Waals surface area contributed by atoms with Gasteiger partial charge >= 0.3 is 0 Å². The average molecular weight is 238 g/mol. The van der Waals surface area contributed by atoms with Crippen LogP contribution in [0, 0.1) is 0 Å². The third kappa shape index (κ3) is 8.01. The van der Waals surface area contributed by atoms with E-state index in [-0.39, 0.29) is 12.5 Å². The van der Waals surface area contributed by atoms with Crippen molar-refractivity contribution in [1.82, 2.24) is 5.32 Å². The van der Waals surface area contributed by atoms with Gasteiger partial charge in [0.1, 0.15) is 6.61 Å². The van der Waals surface area contributed by atoms with Gasteiger partial charge in [-0.3, -0.25) is 4.79 Å². The van der Waals surface area contributed by atoms with Crippen LogP contribution in [0.2, 0.25) is 0 Å². The maximum absolute atomic E-state index is 10.9. The lowest BCUT2D eigenvalue weighted by Gasteiger charge is -2.05. The Morgan fingerprint density at radius 1 is 1.67 bits per heavy atom. The highest BCUT2D eigenvalue weighted by Gasteiger charge is 2.00. The number of amides is 1. The Morgan fingerprint density at radius 2 is 2.33 bits per heavy atom. The summed E-state index contributed by atoms with van der Waals surface area (Å²) in [6.07, 6.45) is 0.942. The third-order valence-electron chi connectivity index (χ3n) is 1.30. The highest BCUT2D eigenvalue weighted by molar-refractivity contribution is 9.09. The van der Waals surface area contributed by atoms with Crippen molar-refractivity contribution in [2.24, 2.45) is 0 Å². The van der Waals surface area contributed by atoms with Crippen molar-refractivity contribution in [1.29, 1.82) is 0 Å². The van der Waals surface area contributed by atoms with Gasteiger partial charge in [0.25, 0.3) is 0 Å². The molecule has 0 aliphatic carbocycles. The van der Waals surface area contributed by atoms with E-state index in [0.29, 0.717) is 18.0 Å². The van der Waals surface area contributed by atoms with Crippen LogP contribution in [0.15, 0.2) is 0 Å². The van der Waals surface area contributed by atoms with Gasteiger partial charge in [0, 0.05) is 18.0 Å². The van der Waals surface area contributed by atoms with E-state index in [1.54, 1.807) is 0 Å². The predicted octanol–water partition coefficient (Wildman–Crippen LogP) is 1.31. The lowest BCUT2D eigenvalue weighted by atomic mass is 10.3. The normalized spacial score (nSPS) is 12.6. The van der Waals surface area contributed by atoms with Crippen LogP contribution in [0.3, 0.4) is 0 Å². The van der Waals surface area contributed by atoms with E-state index in [9.17, 15) is 4.79 Å². The monoisotopic (exact) mass is 237 g/mol. The molecule has 0 aliphatic rings. The fourth-order valence-electron chi connectivity index (χ4n) is 0.656. The summed E-state index contributed by atoms with van der Waals surface area (Å²) in [5, 5.41) is 2.75. The number of halogens is 1. The minimum Gasteiger partial charge on any atom is -0.372 e. The second kappa shape index (κ2) is 7.55. The van der Waals surface area contributed by atoms with Crippen LogP contribution in [0.5, 0.6) is 0 Å². The molecule has 3 nitrogen and oxygen atoms in total. The summed E-state index contributed by atoms with van der Waals surface area (Å²) in [5.74, 6) is -0.0370. The van der Waals surface area contributed by atoms with Crippen LogP contribution in [0.1, 0.15) is 20.3 Å². The van der Waals surface area contributed by atoms with Gasteiger partial charge in [-0.1, -0.05) is 22.9 Å². The molecular weight excluding hydrogens is 222 g/mol. The molecule has 0 aliphatic heterocycles. The molecule has 0 aromatic carbocycles. The quantitative estimate of drug-likeness (QED) is 0.708. The molecular formula is C8H16BrNO2. The van der Waals surface area contributed by atoms with Crippen molar-refractivity contribution in [3.8, 4) is 0 Å². The Hall–Kier alpha value is -0.0900. The molecule has 0 heterocycles. The van der Waals surface area contributed by atoms with E-state index < -0.39 is 0 Å². The Morgan fingerprint density at radius 3 is 2.83 bits per heavy atom. The molecule has 0 saturated carbocycles. The van der Waals surface area contributed by atoms with Crippen LogP contribution in [0.4, 0.5) is 0 Å². The smallest absolute Gasteiger partial charge is 0.245 e. The molecule has 1 unspecified atom stereocenters. The van der Waals surface area contributed by atoms with E-state index in [0.717, 1.165) is 6.42 Å². The van der Waals surface area contributed by atoms with Crippen molar-refractivity contribution in [2.75, 3.05) is 19.8 Å². The Balaban J connectivity index is 3.20. The summed E-state index contributed by atoms with van der Waals surface area (Å²) in [7, 11) is 0. The van der Waals surface area contributed by atoms with Gasteiger partial charge in [-0.15, -0.1) is 0 Å². The topological polar surface area (TPSA) is 38.3 Å². The predicted molar refractivity (Wildman–Crippen MR) is 52.5 cm³/mol. The Kier molecular flexibility index (Phi) is 7.50. The standard InChI is InChI=1S/C8H16BrNO2/c1-3-12-6-8(11)10-5-4-7(2)9/h7H,3-6H2,1-2H3,(H,10,11). The number of hydrogen-bond acceptors (Lipinski definition) is 2. The average Bonchev–Trinajstić information content (AvgIpc) is 2.00. The first-order valence-corrected chi connectivity index (χ1v) is 5.07. The number of nitrogens with one attached hydrogen (secondary N) is 1. The molecule has 0 saturated heterocycles. The van der Waals surface area contributed by atoms with E-state index in [1.807, 2.05) is 6.92 Å². The SMILES string of the molecule is CCOCC(=O)NCCC(C)Br. The maximum Gasteiger partial charge on any atom is 0.245 e. The summed E-state index contributed by atoms with van der Waals surface area (Å²) in [4.78, 5) is 11.4. The number of ether oxygens (including phenoxy) is 1. The number of carbonyl (C=O) groups is 1. The molecule has 72 valence electrons. The number of carbonyl (C=O) groups excluding carboxylic acids is 1. The maximum atomic E-state index is 10.9. The van der Waals surface area contributed by atoms with Crippen LogP contribution >= 0.6 is 15.9 Å². The lowest BCUT2D eigenvalue weighted by molar-refractivity contribution is -0.125. The van der Waals surface area contributed by atoms with Gasteiger partial charge in [-0.25, -0.2) is 0 Å². The highest BCUT2D eigenvalue weighted by atomic mass is 79.9. The Labute approximate surface area is 82.0 Å². The summed E-state index contributed by atoms with van der Waals surface area (Å²) in [6, 6.07) is 0.